The van der Waals surface area contributed by atoms with E-state index in [4.69, 9.17) is 5.73 Å². The van der Waals surface area contributed by atoms with E-state index in [2.05, 4.69) is 10.3 Å². The van der Waals surface area contributed by atoms with E-state index in [1.54, 1.807) is 0 Å². The lowest BCUT2D eigenvalue weighted by atomic mass is 9.92. The Morgan fingerprint density at radius 2 is 1.92 bits per heavy atom. The molecule has 1 aliphatic heterocycles. The summed E-state index contributed by atoms with van der Waals surface area (Å²) in [7, 11) is 0. The van der Waals surface area contributed by atoms with Crippen LogP contribution in [0, 0.1) is 0 Å². The Kier molecular flexibility index (Phi) is 2.99. The van der Waals surface area contributed by atoms with E-state index in [0.717, 1.165) is 6.54 Å². The second-order valence-corrected chi connectivity index (χ2v) is 3.63. The molecule has 1 spiro atoms. The molecule has 0 radical (unpaired) electrons. The molecule has 1 heterocycles. The molecule has 1 aliphatic carbocycles. The average molecular weight is 234 g/mol. The van der Waals surface area contributed by atoms with E-state index in [1.807, 2.05) is 0 Å². The van der Waals surface area contributed by atoms with Crippen LogP contribution in [-0.2, 0) is 0 Å². The molecule has 0 aromatic rings. The van der Waals surface area contributed by atoms with Gasteiger partial charge in [0, 0.05) is 12.1 Å². The standard InChI is InChI=1S/C8H15N3.BrH/c9-7-10-6-5-8(11-7)3-1-2-4-8;/h1-6H2,(H3,9,10,11);1H. The number of nitrogens with two attached hydrogens (primary N) is 1. The van der Waals surface area contributed by atoms with Crippen LogP contribution in [0.25, 0.3) is 0 Å². The van der Waals surface area contributed by atoms with Gasteiger partial charge in [0.1, 0.15) is 0 Å². The van der Waals surface area contributed by atoms with Crippen molar-refractivity contribution in [1.82, 2.24) is 5.32 Å². The van der Waals surface area contributed by atoms with Gasteiger partial charge >= 0.3 is 0 Å². The minimum atomic E-state index is 0. The maximum atomic E-state index is 5.63. The monoisotopic (exact) mass is 233 g/mol. The smallest absolute Gasteiger partial charge is 0.189 e. The maximum absolute atomic E-state index is 5.63. The molecule has 0 saturated heterocycles. The molecule has 0 unspecified atom stereocenters. The van der Waals surface area contributed by atoms with Gasteiger partial charge in [-0.2, -0.15) is 0 Å². The van der Waals surface area contributed by atoms with Crippen LogP contribution >= 0.6 is 17.0 Å². The third-order valence-electron chi connectivity index (χ3n) is 2.83. The number of nitrogens with zero attached hydrogens (tertiary/aromatic N) is 1. The second kappa shape index (κ2) is 3.64. The number of hydrogen-bond acceptors (Lipinski definition) is 3. The van der Waals surface area contributed by atoms with E-state index in [-0.39, 0.29) is 17.0 Å². The molecule has 0 aromatic carbocycles. The summed E-state index contributed by atoms with van der Waals surface area (Å²) in [4.78, 5) is 4.13. The third-order valence-corrected chi connectivity index (χ3v) is 2.83. The molecular formula is C8H16BrN3. The van der Waals surface area contributed by atoms with Gasteiger partial charge < -0.3 is 11.1 Å². The molecule has 3 N–H and O–H groups in total. The molecule has 2 rings (SSSR count). The van der Waals surface area contributed by atoms with Crippen molar-refractivity contribution in [3.8, 4) is 0 Å². The van der Waals surface area contributed by atoms with Crippen LogP contribution in [0.3, 0.4) is 0 Å². The lowest BCUT2D eigenvalue weighted by Gasteiger charge is -2.33. The van der Waals surface area contributed by atoms with Crippen LogP contribution in [0.4, 0.5) is 0 Å². The molecule has 4 heteroatoms. The number of guanidine groups is 1. The first kappa shape index (κ1) is 9.84. The summed E-state index contributed by atoms with van der Waals surface area (Å²) in [6, 6.07) is 0. The van der Waals surface area contributed by atoms with Gasteiger partial charge in [-0.25, -0.2) is 0 Å². The predicted molar refractivity (Wildman–Crippen MR) is 55.8 cm³/mol. The largest absolute Gasteiger partial charge is 0.370 e. The van der Waals surface area contributed by atoms with Crippen LogP contribution in [-0.4, -0.2) is 18.0 Å². The summed E-state index contributed by atoms with van der Waals surface area (Å²) in [5.74, 6) is 0.651. The Balaban J connectivity index is 0.000000720. The van der Waals surface area contributed by atoms with Crippen molar-refractivity contribution in [2.75, 3.05) is 6.54 Å². The zero-order chi connectivity index (χ0) is 7.73. The van der Waals surface area contributed by atoms with Gasteiger partial charge in [0.25, 0.3) is 0 Å². The molecule has 3 nitrogen and oxygen atoms in total. The molecule has 0 atom stereocenters. The van der Waals surface area contributed by atoms with Crippen molar-refractivity contribution in [2.45, 2.75) is 37.6 Å². The maximum Gasteiger partial charge on any atom is 0.189 e. The molecule has 12 heavy (non-hydrogen) atoms. The topological polar surface area (TPSA) is 50.4 Å². The van der Waals surface area contributed by atoms with Crippen LogP contribution in [0.5, 0.6) is 0 Å². The van der Waals surface area contributed by atoms with Gasteiger partial charge in [0.05, 0.1) is 0 Å². The molecular weight excluding hydrogens is 218 g/mol. The van der Waals surface area contributed by atoms with Gasteiger partial charge in [0.2, 0.25) is 0 Å². The SMILES string of the molecule is Br.NC1=NCCC2(CCCC2)N1. The van der Waals surface area contributed by atoms with Crippen LogP contribution in [0.1, 0.15) is 32.1 Å². The van der Waals surface area contributed by atoms with E-state index in [0.29, 0.717) is 11.5 Å². The quantitative estimate of drug-likeness (QED) is 0.661. The fourth-order valence-corrected chi connectivity index (χ4v) is 2.19. The highest BCUT2D eigenvalue weighted by molar-refractivity contribution is 8.93. The van der Waals surface area contributed by atoms with E-state index in [1.165, 1.54) is 32.1 Å². The Bertz CT molecular complexity index is 185. The molecule has 1 saturated carbocycles. The van der Waals surface area contributed by atoms with Crippen molar-refractivity contribution in [3.63, 3.8) is 0 Å². The number of halogens is 1. The Morgan fingerprint density at radius 3 is 2.50 bits per heavy atom. The molecule has 2 aliphatic rings. The van der Waals surface area contributed by atoms with E-state index in [9.17, 15) is 0 Å². The molecule has 1 fully saturated rings. The zero-order valence-electron chi connectivity index (χ0n) is 7.18. The molecule has 70 valence electrons. The number of rotatable bonds is 0. The summed E-state index contributed by atoms with van der Waals surface area (Å²) >= 11 is 0. The first-order valence-corrected chi connectivity index (χ1v) is 4.39. The summed E-state index contributed by atoms with van der Waals surface area (Å²) < 4.78 is 0. The lowest BCUT2D eigenvalue weighted by molar-refractivity contribution is 0.351. The van der Waals surface area contributed by atoms with Gasteiger partial charge in [-0.1, -0.05) is 12.8 Å². The summed E-state index contributed by atoms with van der Waals surface area (Å²) in [6.07, 6.45) is 6.43. The normalized spacial score (nSPS) is 25.8. The highest BCUT2D eigenvalue weighted by Gasteiger charge is 2.35. The minimum absolute atomic E-state index is 0. The Morgan fingerprint density at radius 1 is 1.25 bits per heavy atom. The van der Waals surface area contributed by atoms with Gasteiger partial charge in [-0.05, 0) is 19.3 Å². The van der Waals surface area contributed by atoms with Gasteiger partial charge in [0.15, 0.2) is 5.96 Å². The van der Waals surface area contributed by atoms with Crippen molar-refractivity contribution in [2.24, 2.45) is 10.7 Å². The third kappa shape index (κ3) is 1.73. The van der Waals surface area contributed by atoms with E-state index >= 15 is 0 Å². The van der Waals surface area contributed by atoms with Crippen LogP contribution in [0.2, 0.25) is 0 Å². The number of nitrogens with one attached hydrogen (secondary N) is 1. The Hall–Kier alpha value is -0.250. The summed E-state index contributed by atoms with van der Waals surface area (Å²) in [6.45, 7) is 0.916. The van der Waals surface area contributed by atoms with Crippen molar-refractivity contribution < 1.29 is 0 Å². The lowest BCUT2D eigenvalue weighted by Crippen LogP contribution is -2.52. The zero-order valence-corrected chi connectivity index (χ0v) is 8.89. The van der Waals surface area contributed by atoms with Crippen LogP contribution < -0.4 is 11.1 Å². The molecule has 0 amide bonds. The van der Waals surface area contributed by atoms with E-state index < -0.39 is 0 Å². The molecule has 0 aromatic heterocycles. The highest BCUT2D eigenvalue weighted by atomic mass is 79.9. The second-order valence-electron chi connectivity index (χ2n) is 3.63. The first-order valence-electron chi connectivity index (χ1n) is 4.39. The fourth-order valence-electron chi connectivity index (χ4n) is 2.19. The number of aliphatic imine (C=N–C) groups is 1. The fraction of sp³-hybridized carbons (Fsp3) is 0.875. The van der Waals surface area contributed by atoms with Crippen molar-refractivity contribution >= 4 is 22.9 Å². The molecule has 0 bridgehead atoms. The van der Waals surface area contributed by atoms with Crippen molar-refractivity contribution in [1.29, 1.82) is 0 Å². The van der Waals surface area contributed by atoms with Gasteiger partial charge in [-0.3, -0.25) is 4.99 Å². The number of hydrogen-bond donors (Lipinski definition) is 2. The van der Waals surface area contributed by atoms with Crippen molar-refractivity contribution in [3.05, 3.63) is 0 Å². The summed E-state index contributed by atoms with van der Waals surface area (Å²) in [5.41, 5.74) is 5.97. The highest BCUT2D eigenvalue weighted by Crippen LogP contribution is 2.33. The van der Waals surface area contributed by atoms with Gasteiger partial charge in [-0.15, -0.1) is 17.0 Å². The average Bonchev–Trinajstić information content (AvgIpc) is 2.37. The van der Waals surface area contributed by atoms with Crippen LogP contribution in [0.15, 0.2) is 4.99 Å². The first-order chi connectivity index (χ1) is 5.31. The minimum Gasteiger partial charge on any atom is -0.370 e. The predicted octanol–water partition coefficient (Wildman–Crippen LogP) is 1.19. The summed E-state index contributed by atoms with van der Waals surface area (Å²) in [5, 5.41) is 3.32. The Labute approximate surface area is 83.6 Å².